The third-order valence-corrected chi connectivity index (χ3v) is 4.85. The highest BCUT2D eigenvalue weighted by atomic mass is 19.1. The second-order valence-corrected chi connectivity index (χ2v) is 6.87. The summed E-state index contributed by atoms with van der Waals surface area (Å²) in [5.41, 5.74) is 9.61. The van der Waals surface area contributed by atoms with Crippen LogP contribution in [-0.2, 0) is 17.8 Å². The van der Waals surface area contributed by atoms with Crippen molar-refractivity contribution in [1.82, 2.24) is 19.3 Å². The first kappa shape index (κ1) is 18.8. The topological polar surface area (TPSA) is 108 Å². The zero-order valence-electron chi connectivity index (χ0n) is 15.7. The van der Waals surface area contributed by atoms with Crippen LogP contribution >= 0.6 is 0 Å². The number of anilines is 1. The monoisotopic (exact) mass is 394 g/mol. The number of nitrogens with two attached hydrogens (primary N) is 1. The fourth-order valence-electron chi connectivity index (χ4n) is 3.30. The molecule has 0 aliphatic carbocycles. The number of halogens is 1. The van der Waals surface area contributed by atoms with Gasteiger partial charge >= 0.3 is 5.69 Å². The molecular formula is C20H19FN6O2. The predicted octanol–water partition coefficient (Wildman–Crippen LogP) is 1.71. The number of carbonyl (C=O) groups excluding carboxylic acids is 1. The van der Waals surface area contributed by atoms with Crippen molar-refractivity contribution in [3.05, 3.63) is 70.3 Å². The number of hydrogen-bond donors (Lipinski definition) is 2. The summed E-state index contributed by atoms with van der Waals surface area (Å²) < 4.78 is 15.2. The third-order valence-electron chi connectivity index (χ3n) is 4.85. The summed E-state index contributed by atoms with van der Waals surface area (Å²) in [7, 11) is 0. The number of carbonyl (C=O) groups is 1. The molecule has 148 valence electrons. The van der Waals surface area contributed by atoms with Gasteiger partial charge in [0.15, 0.2) is 0 Å². The number of hydrogen-bond acceptors (Lipinski definition) is 5. The maximum atomic E-state index is 12.8. The molecule has 8 nitrogen and oxygen atoms in total. The zero-order valence-corrected chi connectivity index (χ0v) is 15.7. The van der Waals surface area contributed by atoms with E-state index in [2.05, 4.69) is 15.4 Å². The van der Waals surface area contributed by atoms with Crippen LogP contribution in [0.15, 0.2) is 53.5 Å². The number of fused-ring (bicyclic) bond motifs is 1. The van der Waals surface area contributed by atoms with E-state index in [-0.39, 0.29) is 24.6 Å². The number of aryl methyl sites for hydroxylation is 1. The van der Waals surface area contributed by atoms with Gasteiger partial charge < -0.3 is 11.1 Å². The van der Waals surface area contributed by atoms with Gasteiger partial charge in [-0.1, -0.05) is 12.1 Å². The zero-order chi connectivity index (χ0) is 20.5. The molecule has 3 N–H and O–H groups in total. The SMILES string of the molecule is Cc1cc(-c2ccc3c(c2)NC(=O)C3)cnc1-n1cnn(C/C(=C/F)CN)c1=O. The molecule has 4 rings (SSSR count). The number of rotatable bonds is 5. The molecule has 0 saturated heterocycles. The lowest BCUT2D eigenvalue weighted by Gasteiger charge is -2.09. The summed E-state index contributed by atoms with van der Waals surface area (Å²) in [4.78, 5) is 28.6. The van der Waals surface area contributed by atoms with E-state index in [0.29, 0.717) is 18.6 Å². The summed E-state index contributed by atoms with van der Waals surface area (Å²) in [5.74, 6) is 0.427. The molecule has 2 aromatic heterocycles. The van der Waals surface area contributed by atoms with Gasteiger partial charge in [0.05, 0.1) is 19.3 Å². The van der Waals surface area contributed by atoms with Crippen LogP contribution in [0.2, 0.25) is 0 Å². The standard InChI is InChI=1S/C20H19FN6O2/c1-12-4-16(14-2-3-15-6-18(28)25-17(15)5-14)9-23-19(12)26-11-24-27(20(26)29)10-13(7-21)8-22/h2-5,7,9,11H,6,8,10,22H2,1H3,(H,25,28)/b13-7+. The van der Waals surface area contributed by atoms with Crippen molar-refractivity contribution in [1.29, 1.82) is 0 Å². The molecule has 0 saturated carbocycles. The fraction of sp³-hybridized carbons (Fsp3) is 0.200. The van der Waals surface area contributed by atoms with Crippen molar-refractivity contribution < 1.29 is 9.18 Å². The highest BCUT2D eigenvalue weighted by molar-refractivity contribution is 5.99. The van der Waals surface area contributed by atoms with Crippen molar-refractivity contribution >= 4 is 11.6 Å². The van der Waals surface area contributed by atoms with Crippen molar-refractivity contribution in [2.24, 2.45) is 5.73 Å². The molecule has 1 aliphatic rings. The van der Waals surface area contributed by atoms with Crippen LogP contribution in [0.3, 0.4) is 0 Å². The van der Waals surface area contributed by atoms with E-state index < -0.39 is 5.69 Å². The average Bonchev–Trinajstić information content (AvgIpc) is 3.27. The molecule has 0 fully saturated rings. The van der Waals surface area contributed by atoms with E-state index in [1.165, 1.54) is 10.9 Å². The van der Waals surface area contributed by atoms with Gasteiger partial charge in [0, 0.05) is 24.0 Å². The lowest BCUT2D eigenvalue weighted by Crippen LogP contribution is -2.26. The van der Waals surface area contributed by atoms with E-state index in [0.717, 1.165) is 32.6 Å². The Bertz CT molecular complexity index is 1190. The van der Waals surface area contributed by atoms with Crippen LogP contribution in [-0.4, -0.2) is 31.8 Å². The first-order chi connectivity index (χ1) is 14.0. The second-order valence-electron chi connectivity index (χ2n) is 6.87. The van der Waals surface area contributed by atoms with E-state index >= 15 is 0 Å². The molecule has 1 aromatic carbocycles. The van der Waals surface area contributed by atoms with Crippen LogP contribution < -0.4 is 16.7 Å². The van der Waals surface area contributed by atoms with Gasteiger partial charge in [-0.3, -0.25) is 4.79 Å². The first-order valence-electron chi connectivity index (χ1n) is 9.03. The number of amides is 1. The van der Waals surface area contributed by atoms with Crippen molar-refractivity contribution in [2.45, 2.75) is 19.9 Å². The van der Waals surface area contributed by atoms with Crippen LogP contribution in [0.4, 0.5) is 10.1 Å². The quantitative estimate of drug-likeness (QED) is 0.685. The minimum atomic E-state index is -0.429. The van der Waals surface area contributed by atoms with Crippen LogP contribution in [0.5, 0.6) is 0 Å². The van der Waals surface area contributed by atoms with Gasteiger partial charge in [-0.2, -0.15) is 5.10 Å². The summed E-state index contributed by atoms with van der Waals surface area (Å²) in [6.07, 6.45) is 3.80. The van der Waals surface area contributed by atoms with Gasteiger partial charge in [0.2, 0.25) is 5.91 Å². The molecule has 29 heavy (non-hydrogen) atoms. The van der Waals surface area contributed by atoms with Crippen LogP contribution in [0.25, 0.3) is 16.9 Å². The smallest absolute Gasteiger partial charge is 0.327 e. The maximum absolute atomic E-state index is 12.8. The van der Waals surface area contributed by atoms with E-state index in [1.54, 1.807) is 6.20 Å². The molecule has 0 unspecified atom stereocenters. The molecule has 3 heterocycles. The number of nitrogens with zero attached hydrogens (tertiary/aromatic N) is 4. The largest absolute Gasteiger partial charge is 0.351 e. The highest BCUT2D eigenvalue weighted by Crippen LogP contribution is 2.30. The molecule has 0 radical (unpaired) electrons. The Morgan fingerprint density at radius 1 is 1.31 bits per heavy atom. The Morgan fingerprint density at radius 3 is 2.86 bits per heavy atom. The van der Waals surface area contributed by atoms with Crippen LogP contribution in [0, 0.1) is 6.92 Å². The average molecular weight is 394 g/mol. The summed E-state index contributed by atoms with van der Waals surface area (Å²) in [5, 5.41) is 6.86. The Labute approximate surface area is 165 Å². The molecule has 0 bridgehead atoms. The molecule has 3 aromatic rings. The fourth-order valence-corrected chi connectivity index (χ4v) is 3.30. The summed E-state index contributed by atoms with van der Waals surface area (Å²) in [6, 6.07) is 7.69. The number of aromatic nitrogens is 4. The number of benzene rings is 1. The Hall–Kier alpha value is -3.59. The Balaban J connectivity index is 1.65. The summed E-state index contributed by atoms with van der Waals surface area (Å²) in [6.45, 7) is 1.83. The Kier molecular flexibility index (Phi) is 4.81. The third kappa shape index (κ3) is 3.47. The molecule has 0 spiro atoms. The van der Waals surface area contributed by atoms with Gasteiger partial charge in [-0.05, 0) is 41.3 Å². The van der Waals surface area contributed by atoms with E-state index in [9.17, 15) is 14.0 Å². The molecule has 1 aliphatic heterocycles. The van der Waals surface area contributed by atoms with Gasteiger partial charge in [0.25, 0.3) is 0 Å². The van der Waals surface area contributed by atoms with Crippen LogP contribution in [0.1, 0.15) is 11.1 Å². The highest BCUT2D eigenvalue weighted by Gasteiger charge is 2.18. The normalized spacial score (nSPS) is 13.5. The van der Waals surface area contributed by atoms with E-state index in [4.69, 9.17) is 5.73 Å². The lowest BCUT2D eigenvalue weighted by molar-refractivity contribution is -0.115. The van der Waals surface area contributed by atoms with Gasteiger partial charge in [0.1, 0.15) is 12.1 Å². The van der Waals surface area contributed by atoms with Crippen molar-refractivity contribution in [3.63, 3.8) is 0 Å². The van der Waals surface area contributed by atoms with Gasteiger partial charge in [-0.25, -0.2) is 23.4 Å². The number of pyridine rings is 1. The number of nitrogens with one attached hydrogen (secondary N) is 1. The predicted molar refractivity (Wildman–Crippen MR) is 106 cm³/mol. The Morgan fingerprint density at radius 2 is 2.14 bits per heavy atom. The van der Waals surface area contributed by atoms with Crippen molar-refractivity contribution in [2.75, 3.05) is 11.9 Å². The van der Waals surface area contributed by atoms with Crippen molar-refractivity contribution in [3.8, 4) is 16.9 Å². The molecular weight excluding hydrogens is 375 g/mol. The van der Waals surface area contributed by atoms with E-state index in [1.807, 2.05) is 31.2 Å². The second kappa shape index (κ2) is 7.44. The minimum Gasteiger partial charge on any atom is -0.327 e. The maximum Gasteiger partial charge on any atom is 0.351 e. The van der Waals surface area contributed by atoms with Gasteiger partial charge in [-0.15, -0.1) is 0 Å². The first-order valence-corrected chi connectivity index (χ1v) is 9.03. The minimum absolute atomic E-state index is 0.00298. The lowest BCUT2D eigenvalue weighted by atomic mass is 10.0. The molecule has 1 amide bonds. The summed E-state index contributed by atoms with van der Waals surface area (Å²) >= 11 is 0. The molecule has 9 heteroatoms. The molecule has 0 atom stereocenters.